The Hall–Kier alpha value is -0.840. The first kappa shape index (κ1) is 17.2. The van der Waals surface area contributed by atoms with Crippen molar-refractivity contribution >= 4 is 27.6 Å². The van der Waals surface area contributed by atoms with Crippen LogP contribution < -0.4 is 10.6 Å². The van der Waals surface area contributed by atoms with Crippen molar-refractivity contribution in [2.24, 2.45) is 0 Å². The molecule has 5 heteroatoms. The Balaban J connectivity index is 2.29. The fraction of sp³-hybridized carbons (Fsp3) is 0.733. The summed E-state index contributed by atoms with van der Waals surface area (Å²) in [7, 11) is 0. The summed E-state index contributed by atoms with van der Waals surface area (Å²) in [6.45, 7) is 6.28. The van der Waals surface area contributed by atoms with Crippen LogP contribution in [0.25, 0.3) is 0 Å². The first-order valence-corrected chi connectivity index (χ1v) is 8.57. The lowest BCUT2D eigenvalue weighted by molar-refractivity contribution is 0.616. The SMILES string of the molecule is CCCCCCCCNc1ncnc(NCCC)c1Br. The molecule has 0 saturated heterocycles. The van der Waals surface area contributed by atoms with Crippen LogP contribution in [0.4, 0.5) is 11.6 Å². The number of rotatable bonds is 11. The zero-order valence-corrected chi connectivity index (χ0v) is 14.3. The van der Waals surface area contributed by atoms with E-state index in [0.717, 1.165) is 35.6 Å². The van der Waals surface area contributed by atoms with E-state index in [-0.39, 0.29) is 0 Å². The minimum absolute atomic E-state index is 0.868. The molecule has 0 radical (unpaired) electrons. The minimum atomic E-state index is 0.868. The smallest absolute Gasteiger partial charge is 0.145 e. The van der Waals surface area contributed by atoms with E-state index in [2.05, 4.69) is 50.4 Å². The minimum Gasteiger partial charge on any atom is -0.369 e. The molecule has 4 nitrogen and oxygen atoms in total. The van der Waals surface area contributed by atoms with Crippen LogP contribution in [0.15, 0.2) is 10.8 Å². The van der Waals surface area contributed by atoms with Gasteiger partial charge in [0.1, 0.15) is 22.4 Å². The first-order valence-electron chi connectivity index (χ1n) is 7.77. The summed E-state index contributed by atoms with van der Waals surface area (Å²) in [4.78, 5) is 8.53. The summed E-state index contributed by atoms with van der Waals surface area (Å²) < 4.78 is 0.930. The average Bonchev–Trinajstić information content (AvgIpc) is 2.46. The fourth-order valence-electron chi connectivity index (χ4n) is 1.97. The summed E-state index contributed by atoms with van der Waals surface area (Å²) in [6, 6.07) is 0. The van der Waals surface area contributed by atoms with Crippen molar-refractivity contribution in [3.05, 3.63) is 10.8 Å². The maximum atomic E-state index is 4.29. The quantitative estimate of drug-likeness (QED) is 0.565. The number of halogens is 1. The molecule has 0 unspecified atom stereocenters. The highest BCUT2D eigenvalue weighted by atomic mass is 79.9. The molecular formula is C15H27BrN4. The molecule has 2 N–H and O–H groups in total. The van der Waals surface area contributed by atoms with Gasteiger partial charge in [-0.1, -0.05) is 46.0 Å². The van der Waals surface area contributed by atoms with E-state index < -0.39 is 0 Å². The molecule has 0 aromatic carbocycles. The third-order valence-corrected chi connectivity index (χ3v) is 3.91. The lowest BCUT2D eigenvalue weighted by atomic mass is 10.1. The highest BCUT2D eigenvalue weighted by Crippen LogP contribution is 2.26. The highest BCUT2D eigenvalue weighted by molar-refractivity contribution is 9.10. The van der Waals surface area contributed by atoms with Gasteiger partial charge in [-0.2, -0.15) is 0 Å². The van der Waals surface area contributed by atoms with Crippen LogP contribution >= 0.6 is 15.9 Å². The Morgan fingerprint density at radius 1 is 0.850 bits per heavy atom. The van der Waals surface area contributed by atoms with Gasteiger partial charge in [0.25, 0.3) is 0 Å². The predicted octanol–water partition coefficient (Wildman–Crippen LogP) is 4.83. The number of hydrogen-bond donors (Lipinski definition) is 2. The summed E-state index contributed by atoms with van der Waals surface area (Å²) in [5, 5.41) is 6.67. The van der Waals surface area contributed by atoms with Crippen molar-refractivity contribution in [1.29, 1.82) is 0 Å². The molecular weight excluding hydrogens is 316 g/mol. The molecule has 0 bridgehead atoms. The number of nitrogens with one attached hydrogen (secondary N) is 2. The van der Waals surface area contributed by atoms with Crippen molar-refractivity contribution < 1.29 is 0 Å². The third-order valence-electron chi connectivity index (χ3n) is 3.15. The maximum Gasteiger partial charge on any atom is 0.145 e. The number of aromatic nitrogens is 2. The third kappa shape index (κ3) is 6.55. The van der Waals surface area contributed by atoms with E-state index in [9.17, 15) is 0 Å². The van der Waals surface area contributed by atoms with E-state index in [0.29, 0.717) is 0 Å². The monoisotopic (exact) mass is 342 g/mol. The maximum absolute atomic E-state index is 4.29. The Kier molecular flexibility index (Phi) is 9.37. The van der Waals surface area contributed by atoms with Crippen LogP contribution in [0, 0.1) is 0 Å². The van der Waals surface area contributed by atoms with Gasteiger partial charge in [0.15, 0.2) is 0 Å². The van der Waals surface area contributed by atoms with E-state index in [4.69, 9.17) is 0 Å². The zero-order chi connectivity index (χ0) is 14.6. The van der Waals surface area contributed by atoms with Gasteiger partial charge in [0.05, 0.1) is 0 Å². The van der Waals surface area contributed by atoms with Gasteiger partial charge in [0.2, 0.25) is 0 Å². The Labute approximate surface area is 131 Å². The zero-order valence-electron chi connectivity index (χ0n) is 12.7. The number of nitrogens with zero attached hydrogens (tertiary/aromatic N) is 2. The summed E-state index contributed by atoms with van der Waals surface area (Å²) >= 11 is 3.56. The molecule has 0 spiro atoms. The van der Waals surface area contributed by atoms with E-state index >= 15 is 0 Å². The molecule has 1 aromatic rings. The molecule has 0 aliphatic rings. The second kappa shape index (κ2) is 10.9. The normalized spacial score (nSPS) is 10.6. The summed E-state index contributed by atoms with van der Waals surface area (Å²) in [5.41, 5.74) is 0. The number of anilines is 2. The van der Waals surface area contributed by atoms with Crippen molar-refractivity contribution in [3.63, 3.8) is 0 Å². The predicted molar refractivity (Wildman–Crippen MR) is 90.4 cm³/mol. The Bertz CT molecular complexity index is 371. The largest absolute Gasteiger partial charge is 0.369 e. The molecule has 0 fully saturated rings. The van der Waals surface area contributed by atoms with Crippen molar-refractivity contribution in [2.45, 2.75) is 58.8 Å². The van der Waals surface area contributed by atoms with Crippen LogP contribution in [-0.4, -0.2) is 23.1 Å². The van der Waals surface area contributed by atoms with Gasteiger partial charge in [-0.15, -0.1) is 0 Å². The lowest BCUT2D eigenvalue weighted by Crippen LogP contribution is -2.08. The number of unbranched alkanes of at least 4 members (excludes halogenated alkanes) is 5. The highest BCUT2D eigenvalue weighted by Gasteiger charge is 2.07. The van der Waals surface area contributed by atoms with Crippen LogP contribution in [0.5, 0.6) is 0 Å². The molecule has 0 saturated carbocycles. The van der Waals surface area contributed by atoms with Gasteiger partial charge >= 0.3 is 0 Å². The van der Waals surface area contributed by atoms with Crippen molar-refractivity contribution in [2.75, 3.05) is 23.7 Å². The van der Waals surface area contributed by atoms with Crippen LogP contribution in [-0.2, 0) is 0 Å². The number of hydrogen-bond acceptors (Lipinski definition) is 4. The fourth-order valence-corrected chi connectivity index (χ4v) is 2.46. The molecule has 0 aliphatic heterocycles. The lowest BCUT2D eigenvalue weighted by Gasteiger charge is -2.11. The summed E-state index contributed by atoms with van der Waals surface area (Å²) in [5.74, 6) is 1.75. The average molecular weight is 343 g/mol. The van der Waals surface area contributed by atoms with E-state index in [1.54, 1.807) is 6.33 Å². The molecule has 0 aliphatic carbocycles. The van der Waals surface area contributed by atoms with Gasteiger partial charge in [-0.25, -0.2) is 9.97 Å². The van der Waals surface area contributed by atoms with Crippen LogP contribution in [0.1, 0.15) is 58.8 Å². The van der Waals surface area contributed by atoms with Gasteiger partial charge in [-0.3, -0.25) is 0 Å². The van der Waals surface area contributed by atoms with Gasteiger partial charge in [-0.05, 0) is 28.8 Å². The van der Waals surface area contributed by atoms with Gasteiger partial charge in [0, 0.05) is 13.1 Å². The first-order chi connectivity index (χ1) is 9.79. The summed E-state index contributed by atoms with van der Waals surface area (Å²) in [6.07, 6.45) is 10.5. The van der Waals surface area contributed by atoms with Crippen LogP contribution in [0.2, 0.25) is 0 Å². The molecule has 0 atom stereocenters. The molecule has 1 rings (SSSR count). The Morgan fingerprint density at radius 2 is 1.45 bits per heavy atom. The molecule has 0 amide bonds. The van der Waals surface area contributed by atoms with Crippen molar-refractivity contribution in [1.82, 2.24) is 9.97 Å². The van der Waals surface area contributed by atoms with E-state index in [1.807, 2.05) is 0 Å². The van der Waals surface area contributed by atoms with E-state index in [1.165, 1.54) is 38.5 Å². The molecule has 1 aromatic heterocycles. The second-order valence-electron chi connectivity index (χ2n) is 5.01. The topological polar surface area (TPSA) is 49.8 Å². The molecule has 1 heterocycles. The molecule has 20 heavy (non-hydrogen) atoms. The Morgan fingerprint density at radius 3 is 2.10 bits per heavy atom. The standard InChI is InChI=1S/C15H27BrN4/c1-3-5-6-7-8-9-11-18-15-13(16)14(17-10-4-2)19-12-20-15/h12H,3-11H2,1-2H3,(H2,17,18,19,20). The van der Waals surface area contributed by atoms with Gasteiger partial charge < -0.3 is 10.6 Å². The van der Waals surface area contributed by atoms with Crippen LogP contribution in [0.3, 0.4) is 0 Å². The van der Waals surface area contributed by atoms with Crippen molar-refractivity contribution in [3.8, 4) is 0 Å². The molecule has 114 valence electrons. The second-order valence-corrected chi connectivity index (χ2v) is 5.80.